The highest BCUT2D eigenvalue weighted by Crippen LogP contribution is 2.35. The van der Waals surface area contributed by atoms with E-state index in [-0.39, 0.29) is 17.7 Å². The van der Waals surface area contributed by atoms with Crippen LogP contribution in [0.4, 0.5) is 10.2 Å². The maximum atomic E-state index is 13.3. The Labute approximate surface area is 218 Å². The average molecular weight is 522 g/mol. The Bertz CT molecular complexity index is 1300. The highest BCUT2D eigenvalue weighted by atomic mass is 32.1. The SMILES string of the molecule is COC(=O)c1ccc(N2C3CCC2CN(CC(=O)N2CCc4nc(-c5ccc(F)cc5)sc4C2)C3)nc1. The molecule has 2 bridgehead atoms. The first-order chi connectivity index (χ1) is 18.0. The second-order valence-electron chi connectivity index (χ2n) is 9.84. The number of halogens is 1. The molecule has 5 heterocycles. The van der Waals surface area contributed by atoms with Crippen LogP contribution in [0.5, 0.6) is 0 Å². The second-order valence-corrected chi connectivity index (χ2v) is 10.9. The summed E-state index contributed by atoms with van der Waals surface area (Å²) in [4.78, 5) is 42.0. The Morgan fingerprint density at radius 1 is 1.11 bits per heavy atom. The minimum absolute atomic E-state index is 0.149. The molecule has 6 rings (SSSR count). The molecule has 8 nitrogen and oxygen atoms in total. The largest absolute Gasteiger partial charge is 0.465 e. The molecular formula is C27H28FN5O3S. The highest BCUT2D eigenvalue weighted by molar-refractivity contribution is 7.15. The van der Waals surface area contributed by atoms with Gasteiger partial charge in [-0.25, -0.2) is 19.2 Å². The molecule has 1 aromatic carbocycles. The van der Waals surface area contributed by atoms with Gasteiger partial charge in [0.25, 0.3) is 0 Å². The highest BCUT2D eigenvalue weighted by Gasteiger charge is 2.41. The van der Waals surface area contributed by atoms with E-state index in [9.17, 15) is 14.0 Å². The number of ether oxygens (including phenoxy) is 1. The van der Waals surface area contributed by atoms with Gasteiger partial charge in [-0.2, -0.15) is 0 Å². The van der Waals surface area contributed by atoms with E-state index in [0.29, 0.717) is 37.3 Å². The molecule has 3 aromatic rings. The number of carbonyl (C=O) groups excluding carboxylic acids is 2. The number of rotatable bonds is 5. The summed E-state index contributed by atoms with van der Waals surface area (Å²) < 4.78 is 18.1. The summed E-state index contributed by atoms with van der Waals surface area (Å²) >= 11 is 1.59. The Morgan fingerprint density at radius 3 is 2.54 bits per heavy atom. The summed E-state index contributed by atoms with van der Waals surface area (Å²) in [5.74, 6) is 0.372. The number of hydrogen-bond acceptors (Lipinski definition) is 8. The second kappa shape index (κ2) is 9.83. The van der Waals surface area contributed by atoms with Crippen molar-refractivity contribution in [3.05, 3.63) is 64.5 Å². The fourth-order valence-electron chi connectivity index (χ4n) is 5.69. The monoisotopic (exact) mass is 521 g/mol. The van der Waals surface area contributed by atoms with Crippen LogP contribution in [0, 0.1) is 5.82 Å². The van der Waals surface area contributed by atoms with Crippen LogP contribution in [0.3, 0.4) is 0 Å². The Kier molecular flexibility index (Phi) is 6.37. The molecule has 37 heavy (non-hydrogen) atoms. The number of hydrogen-bond donors (Lipinski definition) is 0. The van der Waals surface area contributed by atoms with Crippen LogP contribution in [0.1, 0.15) is 33.8 Å². The molecule has 2 atom stereocenters. The summed E-state index contributed by atoms with van der Waals surface area (Å²) in [6.45, 7) is 3.29. The van der Waals surface area contributed by atoms with Crippen molar-refractivity contribution < 1.29 is 18.7 Å². The standard InChI is InChI=1S/C27H28FN5O3S/c1-36-27(35)18-4-9-24(29-12-18)33-20-7-8-21(33)14-31(13-20)16-25(34)32-11-10-22-23(15-32)37-26(30-22)17-2-5-19(28)6-3-17/h2-6,9,12,20-21H,7-8,10-11,13-16H2,1H3. The number of aromatic nitrogens is 2. The van der Waals surface area contributed by atoms with Crippen LogP contribution in [0.2, 0.25) is 0 Å². The first-order valence-electron chi connectivity index (χ1n) is 12.6. The molecule has 0 N–H and O–H groups in total. The van der Waals surface area contributed by atoms with Crippen LogP contribution >= 0.6 is 11.3 Å². The maximum Gasteiger partial charge on any atom is 0.339 e. The van der Waals surface area contributed by atoms with E-state index in [1.807, 2.05) is 11.0 Å². The zero-order valence-corrected chi connectivity index (χ0v) is 21.4. The molecule has 2 saturated heterocycles. The summed E-state index contributed by atoms with van der Waals surface area (Å²) in [6.07, 6.45) is 4.44. The van der Waals surface area contributed by atoms with Crippen LogP contribution in [-0.2, 0) is 22.5 Å². The molecule has 0 spiro atoms. The van der Waals surface area contributed by atoms with Gasteiger partial charge in [0.15, 0.2) is 0 Å². The van der Waals surface area contributed by atoms with Gasteiger partial charge in [-0.3, -0.25) is 9.69 Å². The number of thiazole rings is 1. The fourth-order valence-corrected chi connectivity index (χ4v) is 6.82. The van der Waals surface area contributed by atoms with Gasteiger partial charge in [0.2, 0.25) is 5.91 Å². The average Bonchev–Trinajstić information content (AvgIpc) is 3.46. The van der Waals surface area contributed by atoms with Gasteiger partial charge in [-0.05, 0) is 49.2 Å². The van der Waals surface area contributed by atoms with Gasteiger partial charge in [-0.1, -0.05) is 0 Å². The molecule has 2 fully saturated rings. The lowest BCUT2D eigenvalue weighted by Gasteiger charge is -2.42. The Balaban J connectivity index is 1.08. The molecule has 10 heteroatoms. The molecule has 2 aromatic heterocycles. The molecule has 192 valence electrons. The van der Waals surface area contributed by atoms with Crippen molar-refractivity contribution in [2.75, 3.05) is 38.2 Å². The zero-order chi connectivity index (χ0) is 25.5. The predicted octanol–water partition coefficient (Wildman–Crippen LogP) is 3.37. The molecule has 1 amide bonds. The van der Waals surface area contributed by atoms with Gasteiger partial charge in [0.1, 0.15) is 16.6 Å². The van der Waals surface area contributed by atoms with E-state index in [1.165, 1.54) is 19.2 Å². The molecular weight excluding hydrogens is 493 g/mol. The number of nitrogens with zero attached hydrogens (tertiary/aromatic N) is 5. The van der Waals surface area contributed by atoms with E-state index < -0.39 is 0 Å². The van der Waals surface area contributed by atoms with Crippen molar-refractivity contribution in [2.45, 2.75) is 37.9 Å². The first kappa shape index (κ1) is 24.0. The number of anilines is 1. The zero-order valence-electron chi connectivity index (χ0n) is 20.6. The van der Waals surface area contributed by atoms with Crippen LogP contribution in [-0.4, -0.2) is 77.0 Å². The molecule has 3 aliphatic rings. The van der Waals surface area contributed by atoms with Crippen molar-refractivity contribution >= 4 is 29.0 Å². The van der Waals surface area contributed by atoms with Crippen LogP contribution in [0.15, 0.2) is 42.6 Å². The van der Waals surface area contributed by atoms with Crippen LogP contribution in [0.25, 0.3) is 10.6 Å². The topological polar surface area (TPSA) is 78.9 Å². The summed E-state index contributed by atoms with van der Waals surface area (Å²) in [5, 5.41) is 0.875. The quantitative estimate of drug-likeness (QED) is 0.477. The number of methoxy groups -OCH3 is 1. The number of amides is 1. The Morgan fingerprint density at radius 2 is 1.86 bits per heavy atom. The minimum atomic E-state index is -0.389. The normalized spacial score (nSPS) is 21.1. The third-order valence-corrected chi connectivity index (χ3v) is 8.66. The number of esters is 1. The van der Waals surface area contributed by atoms with Crippen molar-refractivity contribution in [2.24, 2.45) is 0 Å². The number of carbonyl (C=O) groups is 2. The van der Waals surface area contributed by atoms with E-state index >= 15 is 0 Å². The fraction of sp³-hybridized carbons (Fsp3) is 0.407. The van der Waals surface area contributed by atoms with Gasteiger partial charge >= 0.3 is 5.97 Å². The summed E-state index contributed by atoms with van der Waals surface area (Å²) in [6, 6.07) is 10.6. The minimum Gasteiger partial charge on any atom is -0.465 e. The molecule has 3 aliphatic heterocycles. The Hall–Kier alpha value is -3.37. The predicted molar refractivity (Wildman–Crippen MR) is 138 cm³/mol. The maximum absolute atomic E-state index is 13.3. The van der Waals surface area contributed by atoms with Crippen molar-refractivity contribution in [3.63, 3.8) is 0 Å². The van der Waals surface area contributed by atoms with E-state index in [1.54, 1.807) is 35.7 Å². The molecule has 0 radical (unpaired) electrons. The number of piperazine rings is 1. The van der Waals surface area contributed by atoms with Crippen LogP contribution < -0.4 is 4.90 Å². The molecule has 0 saturated carbocycles. The molecule has 0 aliphatic carbocycles. The third-order valence-electron chi connectivity index (χ3n) is 7.53. The lowest BCUT2D eigenvalue weighted by molar-refractivity contribution is -0.133. The lowest BCUT2D eigenvalue weighted by Crippen LogP contribution is -2.56. The first-order valence-corrected chi connectivity index (χ1v) is 13.4. The van der Waals surface area contributed by atoms with Gasteiger partial charge in [-0.15, -0.1) is 11.3 Å². The van der Waals surface area contributed by atoms with Crippen molar-refractivity contribution in [1.82, 2.24) is 19.8 Å². The molecule has 2 unspecified atom stereocenters. The lowest BCUT2D eigenvalue weighted by atomic mass is 10.1. The summed E-state index contributed by atoms with van der Waals surface area (Å²) in [5.41, 5.74) is 2.39. The van der Waals surface area contributed by atoms with Gasteiger partial charge in [0, 0.05) is 54.8 Å². The van der Waals surface area contributed by atoms with E-state index in [2.05, 4.69) is 14.8 Å². The van der Waals surface area contributed by atoms with Gasteiger partial charge < -0.3 is 14.5 Å². The summed E-state index contributed by atoms with van der Waals surface area (Å²) in [7, 11) is 1.36. The number of pyridine rings is 1. The smallest absolute Gasteiger partial charge is 0.339 e. The number of fused-ring (bicyclic) bond motifs is 3. The van der Waals surface area contributed by atoms with Crippen molar-refractivity contribution in [1.29, 1.82) is 0 Å². The number of benzene rings is 1. The number of likely N-dealkylation sites (tertiary alicyclic amines) is 1. The van der Waals surface area contributed by atoms with E-state index in [4.69, 9.17) is 9.72 Å². The van der Waals surface area contributed by atoms with Crippen molar-refractivity contribution in [3.8, 4) is 10.6 Å². The van der Waals surface area contributed by atoms with E-state index in [0.717, 1.165) is 59.3 Å². The van der Waals surface area contributed by atoms with Gasteiger partial charge in [0.05, 0.1) is 31.5 Å². The third kappa shape index (κ3) is 4.71.